The normalized spacial score (nSPS) is 14.1. The highest BCUT2D eigenvalue weighted by Gasteiger charge is 2.30. The maximum atomic E-state index is 12.8. The van der Waals surface area contributed by atoms with Crippen molar-refractivity contribution >= 4 is 28.3 Å². The average Bonchev–Trinajstić information content (AvgIpc) is 3.49. The molecule has 1 aliphatic heterocycles. The third-order valence-electron chi connectivity index (χ3n) is 5.64. The lowest BCUT2D eigenvalue weighted by Crippen LogP contribution is -2.17. The molecule has 7 nitrogen and oxygen atoms in total. The van der Waals surface area contributed by atoms with Gasteiger partial charge in [0.05, 0.1) is 23.0 Å². The average molecular weight is 452 g/mol. The summed E-state index contributed by atoms with van der Waals surface area (Å²) in [6.07, 6.45) is 2.13. The second-order valence-electron chi connectivity index (χ2n) is 7.84. The fraction of sp³-hybridized carbons (Fsp3) is 0.217. The summed E-state index contributed by atoms with van der Waals surface area (Å²) < 4.78 is 38.2. The van der Waals surface area contributed by atoms with E-state index in [0.29, 0.717) is 17.1 Å². The predicted octanol–water partition coefficient (Wildman–Crippen LogP) is 4.89. The lowest BCUT2D eigenvalue weighted by Gasteiger charge is -2.17. The van der Waals surface area contributed by atoms with Crippen molar-refractivity contribution in [2.45, 2.75) is 19.0 Å². The molecule has 4 heterocycles. The number of carbonyl (C=O) groups excluding carboxylic acids is 1. The van der Waals surface area contributed by atoms with Crippen LogP contribution in [0.1, 0.15) is 28.9 Å². The van der Waals surface area contributed by atoms with Gasteiger partial charge < -0.3 is 10.2 Å². The van der Waals surface area contributed by atoms with E-state index in [1.165, 1.54) is 0 Å². The van der Waals surface area contributed by atoms with Crippen molar-refractivity contribution < 1.29 is 18.0 Å². The van der Waals surface area contributed by atoms with E-state index in [0.717, 1.165) is 54.9 Å². The summed E-state index contributed by atoms with van der Waals surface area (Å²) in [7, 11) is 0. The maximum absolute atomic E-state index is 12.8. The van der Waals surface area contributed by atoms with Crippen molar-refractivity contribution in [2.75, 3.05) is 23.3 Å². The first kappa shape index (κ1) is 20.9. The third kappa shape index (κ3) is 4.23. The molecule has 3 aromatic heterocycles. The van der Waals surface area contributed by atoms with Crippen LogP contribution in [0.3, 0.4) is 0 Å². The molecule has 0 saturated carbocycles. The minimum atomic E-state index is -4.49. The molecule has 1 aliphatic rings. The standard InChI is InChI=1S/C23H19F3N6O/c24-23(25,26)16-4-6-20(28-12-16)29-22(33)21-18-10-14(3-5-19(18)30-31-21)15-9-17(13-27-11-15)32-7-1-2-8-32/h3-6,9-13H,1-2,7-8H2,(H,30,31)(H,28,29,33). The Balaban J connectivity index is 1.41. The third-order valence-corrected chi connectivity index (χ3v) is 5.64. The van der Waals surface area contributed by atoms with Gasteiger partial charge in [0.2, 0.25) is 0 Å². The highest BCUT2D eigenvalue weighted by atomic mass is 19.4. The number of fused-ring (bicyclic) bond motifs is 1. The predicted molar refractivity (Wildman–Crippen MR) is 118 cm³/mol. The van der Waals surface area contributed by atoms with E-state index in [-0.39, 0.29) is 11.5 Å². The number of aromatic amines is 1. The molecule has 0 aliphatic carbocycles. The molecular formula is C23H19F3N6O. The number of pyridine rings is 2. The highest BCUT2D eigenvalue weighted by molar-refractivity contribution is 6.11. The van der Waals surface area contributed by atoms with Crippen molar-refractivity contribution in [3.05, 3.63) is 66.2 Å². The molecule has 1 fully saturated rings. The first-order valence-corrected chi connectivity index (χ1v) is 10.4. The number of aromatic nitrogens is 4. The van der Waals surface area contributed by atoms with Crippen molar-refractivity contribution in [1.82, 2.24) is 20.2 Å². The molecule has 33 heavy (non-hydrogen) atoms. The van der Waals surface area contributed by atoms with Gasteiger partial charge in [-0.3, -0.25) is 14.9 Å². The second kappa shape index (κ2) is 8.19. The molecule has 1 aromatic carbocycles. The zero-order valence-corrected chi connectivity index (χ0v) is 17.4. The van der Waals surface area contributed by atoms with Gasteiger partial charge in [-0.15, -0.1) is 0 Å². The fourth-order valence-electron chi connectivity index (χ4n) is 3.91. The Morgan fingerprint density at radius 2 is 1.82 bits per heavy atom. The minimum absolute atomic E-state index is 0.00261. The molecule has 1 amide bonds. The number of anilines is 2. The van der Waals surface area contributed by atoms with Gasteiger partial charge in [-0.05, 0) is 48.7 Å². The number of alkyl halides is 3. The molecule has 0 atom stereocenters. The van der Waals surface area contributed by atoms with E-state index < -0.39 is 17.6 Å². The fourth-order valence-corrected chi connectivity index (χ4v) is 3.91. The van der Waals surface area contributed by atoms with Crippen LogP contribution in [0, 0.1) is 0 Å². The minimum Gasteiger partial charge on any atom is -0.370 e. The van der Waals surface area contributed by atoms with E-state index in [4.69, 9.17) is 0 Å². The van der Waals surface area contributed by atoms with Crippen LogP contribution in [0.2, 0.25) is 0 Å². The molecular weight excluding hydrogens is 433 g/mol. The molecule has 0 radical (unpaired) electrons. The van der Waals surface area contributed by atoms with Crippen molar-refractivity contribution in [3.63, 3.8) is 0 Å². The van der Waals surface area contributed by atoms with Crippen LogP contribution in [0.4, 0.5) is 24.7 Å². The molecule has 0 spiro atoms. The number of nitrogens with zero attached hydrogens (tertiary/aromatic N) is 4. The zero-order valence-electron chi connectivity index (χ0n) is 17.4. The van der Waals surface area contributed by atoms with Gasteiger partial charge in [0.1, 0.15) is 5.82 Å². The Morgan fingerprint density at radius 3 is 2.55 bits per heavy atom. The van der Waals surface area contributed by atoms with Crippen molar-refractivity contribution in [3.8, 4) is 11.1 Å². The molecule has 5 rings (SSSR count). The van der Waals surface area contributed by atoms with Crippen LogP contribution in [-0.4, -0.2) is 39.2 Å². The first-order chi connectivity index (χ1) is 15.9. The topological polar surface area (TPSA) is 86.8 Å². The number of H-pyrrole nitrogens is 1. The Hall–Kier alpha value is -3.95. The molecule has 4 aromatic rings. The van der Waals surface area contributed by atoms with Gasteiger partial charge in [0, 0.05) is 36.4 Å². The number of benzene rings is 1. The Morgan fingerprint density at radius 1 is 1.00 bits per heavy atom. The van der Waals surface area contributed by atoms with E-state index >= 15 is 0 Å². The summed E-state index contributed by atoms with van der Waals surface area (Å²) in [5.74, 6) is -0.572. The SMILES string of the molecule is O=C(Nc1ccc(C(F)(F)F)cn1)c1n[nH]c2ccc(-c3cncc(N4CCCC4)c3)cc12. The number of nitrogens with one attached hydrogen (secondary N) is 2. The Bertz CT molecular complexity index is 1310. The number of rotatable bonds is 4. The van der Waals surface area contributed by atoms with Gasteiger partial charge in [0.15, 0.2) is 5.69 Å². The number of halogens is 3. The van der Waals surface area contributed by atoms with Gasteiger partial charge >= 0.3 is 6.18 Å². The number of hydrogen-bond acceptors (Lipinski definition) is 5. The van der Waals surface area contributed by atoms with Crippen molar-refractivity contribution in [1.29, 1.82) is 0 Å². The van der Waals surface area contributed by atoms with Crippen molar-refractivity contribution in [2.24, 2.45) is 0 Å². The monoisotopic (exact) mass is 452 g/mol. The number of hydrogen-bond donors (Lipinski definition) is 2. The van der Waals surface area contributed by atoms with E-state index in [1.54, 1.807) is 6.20 Å². The second-order valence-corrected chi connectivity index (χ2v) is 7.84. The summed E-state index contributed by atoms with van der Waals surface area (Å²) in [4.78, 5) is 23.1. The van der Waals surface area contributed by atoms with E-state index in [1.807, 2.05) is 24.4 Å². The highest BCUT2D eigenvalue weighted by Crippen LogP contribution is 2.30. The smallest absolute Gasteiger partial charge is 0.370 e. The largest absolute Gasteiger partial charge is 0.417 e. The van der Waals surface area contributed by atoms with Gasteiger partial charge in [-0.2, -0.15) is 18.3 Å². The van der Waals surface area contributed by atoms with Gasteiger partial charge in [0.25, 0.3) is 5.91 Å². The molecule has 10 heteroatoms. The summed E-state index contributed by atoms with van der Waals surface area (Å²) in [6, 6.07) is 9.64. The van der Waals surface area contributed by atoms with Crippen LogP contribution in [0.5, 0.6) is 0 Å². The summed E-state index contributed by atoms with van der Waals surface area (Å²) in [5.41, 5.74) is 2.74. The van der Waals surface area contributed by atoms with E-state index in [2.05, 4.69) is 36.4 Å². The number of amides is 1. The maximum Gasteiger partial charge on any atom is 0.417 e. The summed E-state index contributed by atoms with van der Waals surface area (Å²) >= 11 is 0. The first-order valence-electron chi connectivity index (χ1n) is 10.4. The molecule has 168 valence electrons. The zero-order chi connectivity index (χ0) is 23.0. The van der Waals surface area contributed by atoms with Crippen LogP contribution in [0.25, 0.3) is 22.0 Å². The summed E-state index contributed by atoms with van der Waals surface area (Å²) in [6.45, 7) is 2.02. The molecule has 1 saturated heterocycles. The Kier molecular flexibility index (Phi) is 5.20. The van der Waals surface area contributed by atoms with E-state index in [9.17, 15) is 18.0 Å². The lowest BCUT2D eigenvalue weighted by molar-refractivity contribution is -0.137. The molecule has 0 bridgehead atoms. The van der Waals surface area contributed by atoms with Gasteiger partial charge in [-0.1, -0.05) is 6.07 Å². The Labute approximate surface area is 186 Å². The molecule has 0 unspecified atom stereocenters. The lowest BCUT2D eigenvalue weighted by atomic mass is 10.0. The molecule has 2 N–H and O–H groups in total. The van der Waals surface area contributed by atoms with Gasteiger partial charge in [-0.25, -0.2) is 4.98 Å². The van der Waals surface area contributed by atoms with Crippen LogP contribution >= 0.6 is 0 Å². The van der Waals surface area contributed by atoms with Crippen LogP contribution in [0.15, 0.2) is 55.0 Å². The van der Waals surface area contributed by atoms with Crippen LogP contribution in [-0.2, 0) is 6.18 Å². The van der Waals surface area contributed by atoms with Crippen LogP contribution < -0.4 is 10.2 Å². The summed E-state index contributed by atoms with van der Waals surface area (Å²) in [5, 5.41) is 10.00. The quantitative estimate of drug-likeness (QED) is 0.460. The number of carbonyl (C=O) groups is 1.